The van der Waals surface area contributed by atoms with Gasteiger partial charge < -0.3 is 10.6 Å². The van der Waals surface area contributed by atoms with Crippen molar-refractivity contribution in [3.05, 3.63) is 89.5 Å². The van der Waals surface area contributed by atoms with Crippen molar-refractivity contribution in [1.82, 2.24) is 4.72 Å². The number of carbonyl (C=O) groups is 2. The van der Waals surface area contributed by atoms with E-state index in [1.54, 1.807) is 12.1 Å². The maximum atomic E-state index is 13.7. The van der Waals surface area contributed by atoms with Crippen molar-refractivity contribution in [3.63, 3.8) is 0 Å². The van der Waals surface area contributed by atoms with Crippen LogP contribution in [0.1, 0.15) is 22.8 Å². The zero-order valence-corrected chi connectivity index (χ0v) is 17.7. The summed E-state index contributed by atoms with van der Waals surface area (Å²) >= 11 is 0. The molecule has 0 heterocycles. The summed E-state index contributed by atoms with van der Waals surface area (Å²) in [5.41, 5.74) is 1.13. The van der Waals surface area contributed by atoms with Crippen LogP contribution in [0.5, 0.6) is 0 Å². The van der Waals surface area contributed by atoms with Gasteiger partial charge in [0.25, 0.3) is 5.91 Å². The lowest BCUT2D eigenvalue weighted by molar-refractivity contribution is -0.114. The van der Waals surface area contributed by atoms with E-state index in [2.05, 4.69) is 15.4 Å². The van der Waals surface area contributed by atoms with E-state index in [9.17, 15) is 26.8 Å². The van der Waals surface area contributed by atoms with Crippen LogP contribution in [0.4, 0.5) is 20.2 Å². The van der Waals surface area contributed by atoms with Crippen molar-refractivity contribution in [2.75, 3.05) is 10.6 Å². The molecule has 0 aliphatic rings. The van der Waals surface area contributed by atoms with Crippen molar-refractivity contribution in [2.24, 2.45) is 0 Å². The monoisotopic (exact) mass is 459 g/mol. The van der Waals surface area contributed by atoms with Gasteiger partial charge in [-0.05, 0) is 54.1 Å². The molecule has 0 aliphatic heterocycles. The predicted molar refractivity (Wildman–Crippen MR) is 116 cm³/mol. The quantitative estimate of drug-likeness (QED) is 0.502. The van der Waals surface area contributed by atoms with Gasteiger partial charge in [0, 0.05) is 30.8 Å². The molecule has 32 heavy (non-hydrogen) atoms. The van der Waals surface area contributed by atoms with Gasteiger partial charge in [-0.15, -0.1) is 0 Å². The van der Waals surface area contributed by atoms with Crippen LogP contribution in [0, 0.1) is 11.6 Å². The Kier molecular flexibility index (Phi) is 6.96. The molecule has 10 heteroatoms. The fourth-order valence-electron chi connectivity index (χ4n) is 2.74. The van der Waals surface area contributed by atoms with Crippen molar-refractivity contribution < 1.29 is 26.8 Å². The van der Waals surface area contributed by atoms with E-state index in [4.69, 9.17) is 0 Å². The molecule has 0 unspecified atom stereocenters. The number of carbonyl (C=O) groups excluding carboxylic acids is 2. The second kappa shape index (κ2) is 9.67. The predicted octanol–water partition coefficient (Wildman–Crippen LogP) is 3.65. The first-order valence-electron chi connectivity index (χ1n) is 9.37. The standard InChI is InChI=1S/C22H19F2N3O4S/c1-14(28)26-18-7-9-19(10-8-18)32(30,31)25-13-15-2-4-16(5-3-15)22(29)27-21-11-6-17(23)12-20(21)24/h2-12,25H,13H2,1H3,(H,26,28)(H,27,29). The first kappa shape index (κ1) is 23.0. The Morgan fingerprint density at radius 1 is 0.875 bits per heavy atom. The molecule has 0 spiro atoms. The molecule has 3 rings (SSSR count). The molecular weight excluding hydrogens is 440 g/mol. The second-order valence-electron chi connectivity index (χ2n) is 6.81. The fraction of sp³-hybridized carbons (Fsp3) is 0.0909. The average Bonchev–Trinajstić information content (AvgIpc) is 2.74. The van der Waals surface area contributed by atoms with E-state index in [0.717, 1.165) is 12.1 Å². The van der Waals surface area contributed by atoms with Gasteiger partial charge >= 0.3 is 0 Å². The number of hydrogen-bond donors (Lipinski definition) is 3. The highest BCUT2D eigenvalue weighted by Gasteiger charge is 2.14. The third-order valence-corrected chi connectivity index (χ3v) is 5.76. The number of nitrogens with one attached hydrogen (secondary N) is 3. The van der Waals surface area contributed by atoms with E-state index in [0.29, 0.717) is 17.3 Å². The van der Waals surface area contributed by atoms with Crippen molar-refractivity contribution in [1.29, 1.82) is 0 Å². The zero-order chi connectivity index (χ0) is 23.3. The highest BCUT2D eigenvalue weighted by Crippen LogP contribution is 2.17. The van der Waals surface area contributed by atoms with Crippen molar-refractivity contribution in [2.45, 2.75) is 18.4 Å². The number of benzene rings is 3. The molecule has 0 saturated heterocycles. The van der Waals surface area contributed by atoms with Gasteiger partial charge in [0.1, 0.15) is 11.6 Å². The molecular formula is C22H19F2N3O4S. The number of sulfonamides is 1. The minimum absolute atomic E-state index is 0.0235. The van der Waals surface area contributed by atoms with Crippen LogP contribution in [-0.4, -0.2) is 20.2 Å². The molecule has 0 aromatic heterocycles. The van der Waals surface area contributed by atoms with E-state index in [-0.39, 0.29) is 28.6 Å². The Morgan fingerprint density at radius 3 is 2.12 bits per heavy atom. The van der Waals surface area contributed by atoms with E-state index in [1.165, 1.54) is 43.3 Å². The lowest BCUT2D eigenvalue weighted by Crippen LogP contribution is -2.23. The molecule has 0 radical (unpaired) electrons. The molecule has 3 aromatic rings. The SMILES string of the molecule is CC(=O)Nc1ccc(S(=O)(=O)NCc2ccc(C(=O)Nc3ccc(F)cc3F)cc2)cc1. The molecule has 2 amide bonds. The summed E-state index contributed by atoms with van der Waals surface area (Å²) in [6.07, 6.45) is 0. The molecule has 166 valence electrons. The summed E-state index contributed by atoms with van der Waals surface area (Å²) < 4.78 is 54.0. The van der Waals surface area contributed by atoms with E-state index in [1.807, 2.05) is 0 Å². The topological polar surface area (TPSA) is 104 Å². The summed E-state index contributed by atoms with van der Waals surface area (Å²) in [6.45, 7) is 1.33. The summed E-state index contributed by atoms with van der Waals surface area (Å²) in [7, 11) is -3.79. The van der Waals surface area contributed by atoms with Gasteiger partial charge in [0.05, 0.1) is 10.6 Å². The summed E-state index contributed by atoms with van der Waals surface area (Å²) in [6, 6.07) is 14.5. The van der Waals surface area contributed by atoms with Gasteiger partial charge in [-0.1, -0.05) is 12.1 Å². The van der Waals surface area contributed by atoms with Gasteiger partial charge in [-0.25, -0.2) is 21.9 Å². The molecule has 3 aromatic carbocycles. The molecule has 0 bridgehead atoms. The first-order valence-corrected chi connectivity index (χ1v) is 10.8. The van der Waals surface area contributed by atoms with Crippen LogP contribution < -0.4 is 15.4 Å². The second-order valence-corrected chi connectivity index (χ2v) is 8.57. The number of anilines is 2. The average molecular weight is 459 g/mol. The van der Waals surface area contributed by atoms with Crippen LogP contribution in [0.25, 0.3) is 0 Å². The van der Waals surface area contributed by atoms with E-state index >= 15 is 0 Å². The fourth-order valence-corrected chi connectivity index (χ4v) is 3.76. The zero-order valence-electron chi connectivity index (χ0n) is 16.9. The van der Waals surface area contributed by atoms with Crippen molar-refractivity contribution >= 4 is 33.2 Å². The highest BCUT2D eigenvalue weighted by atomic mass is 32.2. The minimum Gasteiger partial charge on any atom is -0.326 e. The maximum absolute atomic E-state index is 13.7. The van der Waals surface area contributed by atoms with Crippen molar-refractivity contribution in [3.8, 4) is 0 Å². The van der Waals surface area contributed by atoms with Crippen LogP contribution in [0.2, 0.25) is 0 Å². The Morgan fingerprint density at radius 2 is 1.53 bits per heavy atom. The number of rotatable bonds is 7. The third kappa shape index (κ3) is 5.96. The molecule has 0 fully saturated rings. The molecule has 0 atom stereocenters. The Labute approximate surface area is 183 Å². The van der Waals surface area contributed by atoms with Gasteiger partial charge in [0.15, 0.2) is 0 Å². The van der Waals surface area contributed by atoms with Crippen LogP contribution >= 0.6 is 0 Å². The smallest absolute Gasteiger partial charge is 0.255 e. The van der Waals surface area contributed by atoms with Gasteiger partial charge in [-0.2, -0.15) is 0 Å². The Hall–Kier alpha value is -3.63. The highest BCUT2D eigenvalue weighted by molar-refractivity contribution is 7.89. The molecule has 0 saturated carbocycles. The van der Waals surface area contributed by atoms with Crippen LogP contribution in [0.15, 0.2) is 71.6 Å². The van der Waals surface area contributed by atoms with Crippen LogP contribution in [0.3, 0.4) is 0 Å². The molecule has 7 nitrogen and oxygen atoms in total. The number of hydrogen-bond acceptors (Lipinski definition) is 4. The van der Waals surface area contributed by atoms with Gasteiger partial charge in [-0.3, -0.25) is 9.59 Å². The Balaban J connectivity index is 1.61. The normalized spacial score (nSPS) is 11.1. The number of amides is 2. The molecule has 3 N–H and O–H groups in total. The van der Waals surface area contributed by atoms with E-state index < -0.39 is 27.6 Å². The molecule has 0 aliphatic carbocycles. The Bertz CT molecular complexity index is 1250. The largest absolute Gasteiger partial charge is 0.326 e. The lowest BCUT2D eigenvalue weighted by Gasteiger charge is -2.09. The summed E-state index contributed by atoms with van der Waals surface area (Å²) in [4.78, 5) is 23.3. The van der Waals surface area contributed by atoms with Crippen LogP contribution in [-0.2, 0) is 21.4 Å². The third-order valence-electron chi connectivity index (χ3n) is 4.35. The maximum Gasteiger partial charge on any atom is 0.255 e. The summed E-state index contributed by atoms with van der Waals surface area (Å²) in [5, 5.41) is 4.90. The van der Waals surface area contributed by atoms with Gasteiger partial charge in [0.2, 0.25) is 15.9 Å². The lowest BCUT2D eigenvalue weighted by atomic mass is 10.1. The number of halogens is 2. The minimum atomic E-state index is -3.79. The first-order chi connectivity index (χ1) is 15.1. The summed E-state index contributed by atoms with van der Waals surface area (Å²) in [5.74, 6) is -2.51.